The summed E-state index contributed by atoms with van der Waals surface area (Å²) in [4.78, 5) is 23.5. The van der Waals surface area contributed by atoms with Crippen molar-refractivity contribution in [3.05, 3.63) is 65.7 Å². The quantitative estimate of drug-likeness (QED) is 0.833. The molecular weight excluding hydrogens is 330 g/mol. The number of carboxylic acids is 1. The summed E-state index contributed by atoms with van der Waals surface area (Å²) in [6, 6.07) is 13.7. The van der Waals surface area contributed by atoms with Crippen LogP contribution in [0.15, 0.2) is 59.5 Å². The summed E-state index contributed by atoms with van der Waals surface area (Å²) in [5.41, 5.74) is 0.816. The number of aliphatic carboxylic acids is 1. The number of hydrogen-bond donors (Lipinski definition) is 2. The Morgan fingerprint density at radius 3 is 2.33 bits per heavy atom. The summed E-state index contributed by atoms with van der Waals surface area (Å²) in [6.07, 6.45) is 0.780. The number of hydrogen-bond acceptors (Lipinski definition) is 4. The predicted octanol–water partition coefficient (Wildman–Crippen LogP) is 2.04. The average Bonchev–Trinajstić information content (AvgIpc) is 2.54. The van der Waals surface area contributed by atoms with Crippen LogP contribution >= 0.6 is 0 Å². The number of rotatable bonds is 6. The Kier molecular flexibility index (Phi) is 5.35. The Balaban J connectivity index is 2.26. The second kappa shape index (κ2) is 7.27. The zero-order chi connectivity index (χ0) is 17.7. The Morgan fingerprint density at radius 2 is 1.75 bits per heavy atom. The van der Waals surface area contributed by atoms with Crippen molar-refractivity contribution in [2.24, 2.45) is 0 Å². The number of carbonyl (C=O) groups excluding carboxylic acids is 1. The summed E-state index contributed by atoms with van der Waals surface area (Å²) in [6.45, 7) is 0. The summed E-state index contributed by atoms with van der Waals surface area (Å²) >= 11 is 0. The van der Waals surface area contributed by atoms with Gasteiger partial charge in [0.05, 0.1) is 17.4 Å². The molecule has 0 aromatic heterocycles. The molecule has 7 heteroatoms. The molecule has 0 radical (unpaired) electrons. The molecule has 0 unspecified atom stereocenters. The molecule has 0 aliphatic rings. The lowest BCUT2D eigenvalue weighted by atomic mass is 10.0. The highest BCUT2D eigenvalue weighted by Gasteiger charge is 2.19. The highest BCUT2D eigenvalue weighted by Crippen LogP contribution is 2.18. The van der Waals surface area contributed by atoms with Crippen LogP contribution in [0.4, 0.5) is 0 Å². The van der Waals surface area contributed by atoms with Crippen molar-refractivity contribution in [2.45, 2.75) is 17.4 Å². The molecule has 2 N–H and O–H groups in total. The molecule has 2 aromatic carbocycles. The lowest BCUT2D eigenvalue weighted by molar-refractivity contribution is -0.137. The lowest BCUT2D eigenvalue weighted by Crippen LogP contribution is -2.30. The van der Waals surface area contributed by atoms with E-state index in [9.17, 15) is 18.0 Å². The minimum Gasteiger partial charge on any atom is -0.481 e. The van der Waals surface area contributed by atoms with E-state index >= 15 is 0 Å². The van der Waals surface area contributed by atoms with Crippen LogP contribution in [0.2, 0.25) is 0 Å². The Bertz CT molecular complexity index is 846. The number of amides is 1. The second-order valence-corrected chi connectivity index (χ2v) is 7.35. The molecule has 24 heavy (non-hydrogen) atoms. The molecule has 0 saturated carbocycles. The third-order valence-corrected chi connectivity index (χ3v) is 4.52. The molecule has 0 aliphatic carbocycles. The fraction of sp³-hybridized carbons (Fsp3) is 0.176. The number of sulfone groups is 1. The first kappa shape index (κ1) is 17.7. The fourth-order valence-electron chi connectivity index (χ4n) is 2.22. The van der Waals surface area contributed by atoms with E-state index < -0.39 is 27.8 Å². The third kappa shape index (κ3) is 4.66. The van der Waals surface area contributed by atoms with Crippen molar-refractivity contribution in [1.82, 2.24) is 5.32 Å². The van der Waals surface area contributed by atoms with Gasteiger partial charge in [0.25, 0.3) is 5.91 Å². The topological polar surface area (TPSA) is 101 Å². The van der Waals surface area contributed by atoms with E-state index in [1.54, 1.807) is 30.3 Å². The van der Waals surface area contributed by atoms with Crippen molar-refractivity contribution < 1.29 is 23.1 Å². The van der Waals surface area contributed by atoms with Gasteiger partial charge in [-0.3, -0.25) is 9.59 Å². The largest absolute Gasteiger partial charge is 0.481 e. The van der Waals surface area contributed by atoms with Crippen LogP contribution in [-0.2, 0) is 14.6 Å². The van der Waals surface area contributed by atoms with E-state index in [1.165, 1.54) is 24.3 Å². The van der Waals surface area contributed by atoms with Crippen LogP contribution in [0.1, 0.15) is 28.4 Å². The molecule has 2 aromatic rings. The van der Waals surface area contributed by atoms with Gasteiger partial charge in [-0.25, -0.2) is 8.42 Å². The molecule has 1 atom stereocenters. The standard InChI is InChI=1S/C17H17NO5S/c1-24(22,23)14-9-5-8-13(10-14)17(21)18-15(11-16(19)20)12-6-3-2-4-7-12/h2-10,15H,11H2,1H3,(H,18,21)(H,19,20)/t15-/m0/s1. The first-order valence-corrected chi connectivity index (χ1v) is 9.04. The summed E-state index contributed by atoms with van der Waals surface area (Å²) < 4.78 is 23.2. The number of carbonyl (C=O) groups is 2. The highest BCUT2D eigenvalue weighted by atomic mass is 32.2. The molecule has 0 bridgehead atoms. The van der Waals surface area contributed by atoms with E-state index in [4.69, 9.17) is 5.11 Å². The summed E-state index contributed by atoms with van der Waals surface area (Å²) in [5.74, 6) is -1.58. The van der Waals surface area contributed by atoms with Crippen molar-refractivity contribution in [3.63, 3.8) is 0 Å². The number of benzene rings is 2. The minimum atomic E-state index is -3.43. The molecule has 0 saturated heterocycles. The summed E-state index contributed by atoms with van der Waals surface area (Å²) in [7, 11) is -3.43. The molecule has 0 aliphatic heterocycles. The van der Waals surface area contributed by atoms with Gasteiger partial charge in [-0.2, -0.15) is 0 Å². The molecule has 126 valence electrons. The molecule has 1 amide bonds. The zero-order valence-electron chi connectivity index (χ0n) is 13.0. The normalized spacial score (nSPS) is 12.4. The first-order valence-electron chi connectivity index (χ1n) is 7.15. The van der Waals surface area contributed by atoms with Gasteiger partial charge in [-0.15, -0.1) is 0 Å². The van der Waals surface area contributed by atoms with Gasteiger partial charge in [0.1, 0.15) is 0 Å². The number of nitrogens with one attached hydrogen (secondary N) is 1. The van der Waals surface area contributed by atoms with Gasteiger partial charge in [0.15, 0.2) is 9.84 Å². The van der Waals surface area contributed by atoms with E-state index in [-0.39, 0.29) is 16.9 Å². The third-order valence-electron chi connectivity index (χ3n) is 3.41. The van der Waals surface area contributed by atoms with Gasteiger partial charge in [0, 0.05) is 11.8 Å². The SMILES string of the molecule is CS(=O)(=O)c1cccc(C(=O)N[C@@H](CC(=O)O)c2ccccc2)c1. The zero-order valence-corrected chi connectivity index (χ0v) is 13.8. The van der Waals surface area contributed by atoms with E-state index in [2.05, 4.69) is 5.32 Å². The Hall–Kier alpha value is -2.67. The van der Waals surface area contributed by atoms with Crippen LogP contribution in [0.25, 0.3) is 0 Å². The molecule has 6 nitrogen and oxygen atoms in total. The molecular formula is C17H17NO5S. The van der Waals surface area contributed by atoms with Crippen molar-refractivity contribution in [1.29, 1.82) is 0 Å². The van der Waals surface area contributed by atoms with Crippen LogP contribution in [0.3, 0.4) is 0 Å². The Morgan fingerprint density at radius 1 is 1.08 bits per heavy atom. The maximum absolute atomic E-state index is 12.4. The first-order chi connectivity index (χ1) is 11.3. The maximum Gasteiger partial charge on any atom is 0.305 e. The average molecular weight is 347 g/mol. The summed E-state index contributed by atoms with van der Waals surface area (Å²) in [5, 5.41) is 11.7. The smallest absolute Gasteiger partial charge is 0.305 e. The van der Waals surface area contributed by atoms with Gasteiger partial charge in [-0.05, 0) is 23.8 Å². The number of carboxylic acid groups (broad SMARTS) is 1. The Labute approximate surface area is 140 Å². The maximum atomic E-state index is 12.4. The molecule has 0 heterocycles. The molecule has 0 spiro atoms. The molecule has 2 rings (SSSR count). The lowest BCUT2D eigenvalue weighted by Gasteiger charge is -2.17. The van der Waals surface area contributed by atoms with Crippen LogP contribution in [-0.4, -0.2) is 31.7 Å². The second-order valence-electron chi connectivity index (χ2n) is 5.33. The minimum absolute atomic E-state index is 0.0321. The monoisotopic (exact) mass is 347 g/mol. The van der Waals surface area contributed by atoms with E-state index in [0.717, 1.165) is 6.26 Å². The van der Waals surface area contributed by atoms with Gasteiger partial charge < -0.3 is 10.4 Å². The predicted molar refractivity (Wildman–Crippen MR) is 88.5 cm³/mol. The van der Waals surface area contributed by atoms with E-state index in [1.807, 2.05) is 0 Å². The van der Waals surface area contributed by atoms with Crippen molar-refractivity contribution in [3.8, 4) is 0 Å². The fourth-order valence-corrected chi connectivity index (χ4v) is 2.89. The highest BCUT2D eigenvalue weighted by molar-refractivity contribution is 7.90. The van der Waals surface area contributed by atoms with Crippen LogP contribution in [0, 0.1) is 0 Å². The van der Waals surface area contributed by atoms with Crippen molar-refractivity contribution >= 4 is 21.7 Å². The van der Waals surface area contributed by atoms with Crippen molar-refractivity contribution in [2.75, 3.05) is 6.26 Å². The van der Waals surface area contributed by atoms with Gasteiger partial charge in [0.2, 0.25) is 0 Å². The van der Waals surface area contributed by atoms with E-state index in [0.29, 0.717) is 5.56 Å². The van der Waals surface area contributed by atoms with Gasteiger partial charge >= 0.3 is 5.97 Å². The van der Waals surface area contributed by atoms with Crippen LogP contribution in [0.5, 0.6) is 0 Å². The molecule has 0 fully saturated rings. The van der Waals surface area contributed by atoms with Crippen LogP contribution < -0.4 is 5.32 Å². The van der Waals surface area contributed by atoms with Gasteiger partial charge in [-0.1, -0.05) is 36.4 Å².